The summed E-state index contributed by atoms with van der Waals surface area (Å²) in [4.78, 5) is 0. The molecule has 2 unspecified atom stereocenters. The van der Waals surface area contributed by atoms with E-state index in [0.29, 0.717) is 6.04 Å². The van der Waals surface area contributed by atoms with Gasteiger partial charge in [-0.1, -0.05) is 44.5 Å². The Morgan fingerprint density at radius 2 is 1.61 bits per heavy atom. The lowest BCUT2D eigenvalue weighted by molar-refractivity contribution is 0.207. The van der Waals surface area contributed by atoms with E-state index < -0.39 is 0 Å². The van der Waals surface area contributed by atoms with Crippen molar-refractivity contribution in [2.75, 3.05) is 0 Å². The fourth-order valence-corrected chi connectivity index (χ4v) is 3.08. The molecule has 0 aliphatic heterocycles. The normalized spacial score (nSPS) is 28.3. The SMILES string of the molecule is CC1CCCC(C)C1NCc1ccc(CO)cc1. The summed E-state index contributed by atoms with van der Waals surface area (Å²) in [6, 6.07) is 8.87. The van der Waals surface area contributed by atoms with Crippen LogP contribution in [0.3, 0.4) is 0 Å². The number of hydrogen-bond donors (Lipinski definition) is 2. The van der Waals surface area contributed by atoms with Gasteiger partial charge in [-0.05, 0) is 35.8 Å². The van der Waals surface area contributed by atoms with Crippen molar-refractivity contribution < 1.29 is 5.11 Å². The van der Waals surface area contributed by atoms with Crippen molar-refractivity contribution in [2.45, 2.75) is 52.3 Å². The van der Waals surface area contributed by atoms with Crippen molar-refractivity contribution in [3.8, 4) is 0 Å². The highest BCUT2D eigenvalue weighted by molar-refractivity contribution is 5.21. The molecule has 1 aliphatic rings. The average molecular weight is 247 g/mol. The molecule has 1 fully saturated rings. The van der Waals surface area contributed by atoms with E-state index in [2.05, 4.69) is 31.3 Å². The second-order valence-corrected chi connectivity index (χ2v) is 5.77. The lowest BCUT2D eigenvalue weighted by Crippen LogP contribution is -2.42. The van der Waals surface area contributed by atoms with Crippen LogP contribution >= 0.6 is 0 Å². The van der Waals surface area contributed by atoms with Gasteiger partial charge in [-0.2, -0.15) is 0 Å². The predicted octanol–water partition coefficient (Wildman–Crippen LogP) is 3.09. The van der Waals surface area contributed by atoms with Crippen LogP contribution in [0.4, 0.5) is 0 Å². The molecule has 2 N–H and O–H groups in total. The highest BCUT2D eigenvalue weighted by Crippen LogP contribution is 2.28. The molecule has 0 spiro atoms. The van der Waals surface area contributed by atoms with Crippen molar-refractivity contribution >= 4 is 0 Å². The van der Waals surface area contributed by atoms with Crippen LogP contribution in [0.5, 0.6) is 0 Å². The van der Waals surface area contributed by atoms with Crippen LogP contribution in [0.25, 0.3) is 0 Å². The van der Waals surface area contributed by atoms with Gasteiger partial charge in [-0.3, -0.25) is 0 Å². The van der Waals surface area contributed by atoms with Gasteiger partial charge in [0.05, 0.1) is 6.61 Å². The van der Waals surface area contributed by atoms with E-state index in [1.54, 1.807) is 0 Å². The molecule has 1 aromatic carbocycles. The minimum Gasteiger partial charge on any atom is -0.392 e. The zero-order valence-electron chi connectivity index (χ0n) is 11.5. The molecule has 0 aromatic heterocycles. The quantitative estimate of drug-likeness (QED) is 0.857. The second kappa shape index (κ2) is 6.35. The Hall–Kier alpha value is -0.860. The van der Waals surface area contributed by atoms with Gasteiger partial charge in [0.2, 0.25) is 0 Å². The third-order valence-electron chi connectivity index (χ3n) is 4.29. The number of aliphatic hydroxyl groups is 1. The monoisotopic (exact) mass is 247 g/mol. The molecule has 2 nitrogen and oxygen atoms in total. The van der Waals surface area contributed by atoms with Crippen molar-refractivity contribution in [1.29, 1.82) is 0 Å². The van der Waals surface area contributed by atoms with Gasteiger partial charge in [0.15, 0.2) is 0 Å². The minimum absolute atomic E-state index is 0.129. The van der Waals surface area contributed by atoms with Gasteiger partial charge >= 0.3 is 0 Å². The van der Waals surface area contributed by atoms with Gasteiger partial charge in [0, 0.05) is 12.6 Å². The summed E-state index contributed by atoms with van der Waals surface area (Å²) in [6.45, 7) is 5.79. The molecule has 2 rings (SSSR count). The van der Waals surface area contributed by atoms with Crippen LogP contribution in [0.1, 0.15) is 44.2 Å². The molecule has 2 atom stereocenters. The number of nitrogens with one attached hydrogen (secondary N) is 1. The highest BCUT2D eigenvalue weighted by atomic mass is 16.3. The third-order valence-corrected chi connectivity index (χ3v) is 4.29. The minimum atomic E-state index is 0.129. The first-order valence-electron chi connectivity index (χ1n) is 7.12. The third kappa shape index (κ3) is 3.33. The molecule has 1 saturated carbocycles. The molecule has 18 heavy (non-hydrogen) atoms. The number of benzene rings is 1. The summed E-state index contributed by atoms with van der Waals surface area (Å²) in [5.41, 5.74) is 2.29. The lowest BCUT2D eigenvalue weighted by Gasteiger charge is -2.35. The summed E-state index contributed by atoms with van der Waals surface area (Å²) < 4.78 is 0. The Morgan fingerprint density at radius 1 is 1.06 bits per heavy atom. The van der Waals surface area contributed by atoms with E-state index in [1.165, 1.54) is 24.8 Å². The molecule has 1 aromatic rings. The van der Waals surface area contributed by atoms with Crippen molar-refractivity contribution in [3.63, 3.8) is 0 Å². The van der Waals surface area contributed by atoms with E-state index in [0.717, 1.165) is 23.9 Å². The predicted molar refractivity (Wildman–Crippen MR) is 75.2 cm³/mol. The number of aliphatic hydroxyl groups excluding tert-OH is 1. The molecule has 0 saturated heterocycles. The maximum atomic E-state index is 9.02. The average Bonchev–Trinajstić information content (AvgIpc) is 2.39. The molecule has 0 radical (unpaired) electrons. The lowest BCUT2D eigenvalue weighted by atomic mass is 9.78. The van der Waals surface area contributed by atoms with Crippen LogP contribution in [0, 0.1) is 11.8 Å². The second-order valence-electron chi connectivity index (χ2n) is 5.77. The van der Waals surface area contributed by atoms with Gasteiger partial charge in [0.25, 0.3) is 0 Å². The molecule has 100 valence electrons. The van der Waals surface area contributed by atoms with Gasteiger partial charge in [-0.15, -0.1) is 0 Å². The molecule has 2 heteroatoms. The van der Waals surface area contributed by atoms with E-state index in [4.69, 9.17) is 5.11 Å². The summed E-state index contributed by atoms with van der Waals surface area (Å²) in [5.74, 6) is 1.57. The van der Waals surface area contributed by atoms with Crippen LogP contribution in [-0.4, -0.2) is 11.1 Å². The van der Waals surface area contributed by atoms with Crippen molar-refractivity contribution in [3.05, 3.63) is 35.4 Å². The van der Waals surface area contributed by atoms with Gasteiger partial charge in [0.1, 0.15) is 0 Å². The molecule has 1 aliphatic carbocycles. The standard InChI is InChI=1S/C16H25NO/c1-12-4-3-5-13(2)16(12)17-10-14-6-8-15(11-18)9-7-14/h6-9,12-13,16-18H,3-5,10-11H2,1-2H3. The Labute approximate surface area is 110 Å². The fraction of sp³-hybridized carbons (Fsp3) is 0.625. The highest BCUT2D eigenvalue weighted by Gasteiger charge is 2.26. The van der Waals surface area contributed by atoms with Crippen LogP contribution < -0.4 is 5.32 Å². The smallest absolute Gasteiger partial charge is 0.0681 e. The molecule has 0 heterocycles. The van der Waals surface area contributed by atoms with Crippen molar-refractivity contribution in [1.82, 2.24) is 5.32 Å². The van der Waals surface area contributed by atoms with E-state index >= 15 is 0 Å². The Kier molecular flexibility index (Phi) is 4.79. The van der Waals surface area contributed by atoms with E-state index in [9.17, 15) is 0 Å². The number of rotatable bonds is 4. The van der Waals surface area contributed by atoms with E-state index in [-0.39, 0.29) is 6.61 Å². The summed E-state index contributed by atoms with van der Waals surface area (Å²) >= 11 is 0. The maximum absolute atomic E-state index is 9.02. The topological polar surface area (TPSA) is 32.3 Å². The van der Waals surface area contributed by atoms with Crippen LogP contribution in [0.15, 0.2) is 24.3 Å². The Morgan fingerprint density at radius 3 is 2.17 bits per heavy atom. The zero-order valence-corrected chi connectivity index (χ0v) is 11.5. The number of hydrogen-bond acceptors (Lipinski definition) is 2. The first-order valence-corrected chi connectivity index (χ1v) is 7.12. The maximum Gasteiger partial charge on any atom is 0.0681 e. The van der Waals surface area contributed by atoms with Crippen LogP contribution in [0.2, 0.25) is 0 Å². The molecular weight excluding hydrogens is 222 g/mol. The summed E-state index contributed by atoms with van der Waals surface area (Å²) in [7, 11) is 0. The Bertz CT molecular complexity index is 350. The van der Waals surface area contributed by atoms with Crippen molar-refractivity contribution in [2.24, 2.45) is 11.8 Å². The Balaban J connectivity index is 1.89. The van der Waals surface area contributed by atoms with Gasteiger partial charge in [-0.25, -0.2) is 0 Å². The molecule has 0 bridgehead atoms. The first kappa shape index (κ1) is 13.6. The zero-order chi connectivity index (χ0) is 13.0. The van der Waals surface area contributed by atoms with E-state index in [1.807, 2.05) is 12.1 Å². The largest absolute Gasteiger partial charge is 0.392 e. The molecule has 0 amide bonds. The summed E-state index contributed by atoms with van der Waals surface area (Å²) in [6.07, 6.45) is 4.09. The first-order chi connectivity index (χ1) is 8.70. The van der Waals surface area contributed by atoms with Crippen LogP contribution in [-0.2, 0) is 13.2 Å². The van der Waals surface area contributed by atoms with Gasteiger partial charge < -0.3 is 10.4 Å². The molecular formula is C16H25NO. The fourth-order valence-electron chi connectivity index (χ4n) is 3.08. The summed E-state index contributed by atoms with van der Waals surface area (Å²) in [5, 5.41) is 12.7.